The largest absolute Gasteiger partial charge is 0.399 e. The summed E-state index contributed by atoms with van der Waals surface area (Å²) in [6.45, 7) is 5.37. The molecule has 41 heavy (non-hydrogen) atoms. The van der Waals surface area contributed by atoms with Crippen LogP contribution in [-0.4, -0.2) is 62.6 Å². The molecule has 0 aromatic heterocycles. The first-order chi connectivity index (χ1) is 19.7. The van der Waals surface area contributed by atoms with Gasteiger partial charge >= 0.3 is 0 Å². The average Bonchev–Trinajstić information content (AvgIpc) is 2.97. The summed E-state index contributed by atoms with van der Waals surface area (Å²) in [5.74, 6) is 0.0225. The molecule has 0 fully saturated rings. The van der Waals surface area contributed by atoms with E-state index in [0.717, 1.165) is 12.1 Å². The maximum Gasteiger partial charge on any atom is 0.243 e. The Bertz CT molecular complexity index is 1290. The minimum atomic E-state index is -3.80. The number of rotatable bonds is 17. The molecule has 0 saturated heterocycles. The minimum absolute atomic E-state index is 0.0621. The molecule has 0 spiro atoms. The summed E-state index contributed by atoms with van der Waals surface area (Å²) in [5.41, 5.74) is 8.45. The predicted octanol–water partition coefficient (Wildman–Crippen LogP) is 4.31. The van der Waals surface area contributed by atoms with Crippen LogP contribution in [0.3, 0.4) is 0 Å². The fourth-order valence-corrected chi connectivity index (χ4v) is 6.52. The highest BCUT2D eigenvalue weighted by atomic mass is 32.2. The van der Waals surface area contributed by atoms with E-state index in [4.69, 9.17) is 5.73 Å². The van der Waals surface area contributed by atoms with Gasteiger partial charge in [-0.25, -0.2) is 8.42 Å². The Kier molecular flexibility index (Phi) is 12.6. The number of sulfonamides is 1. The molecule has 0 aliphatic rings. The molecule has 0 saturated carbocycles. The molecule has 0 bridgehead atoms. The fraction of sp³-hybridized carbons (Fsp3) is 0.406. The van der Waals surface area contributed by atoms with Crippen molar-refractivity contribution in [3.63, 3.8) is 0 Å². The summed E-state index contributed by atoms with van der Waals surface area (Å²) in [4.78, 5) is 15.1. The lowest BCUT2D eigenvalue weighted by atomic mass is 10.1. The first kappa shape index (κ1) is 32.1. The fourth-order valence-electron chi connectivity index (χ4n) is 4.71. The number of aliphatic hydroxyl groups excluding tert-OH is 1. The monoisotopic (exact) mass is 580 g/mol. The Morgan fingerprint density at radius 1 is 0.927 bits per heavy atom. The predicted molar refractivity (Wildman–Crippen MR) is 166 cm³/mol. The number of benzene rings is 3. The molecular formula is C32H44N4O4S. The number of carbonyl (C=O) groups excluding carboxylic acids is 1. The quantitative estimate of drug-likeness (QED) is 0.162. The maximum atomic E-state index is 13.4. The molecule has 0 aliphatic carbocycles. The highest BCUT2D eigenvalue weighted by Gasteiger charge is 2.31. The second-order valence-corrected chi connectivity index (χ2v) is 12.6. The van der Waals surface area contributed by atoms with E-state index in [2.05, 4.69) is 22.3 Å². The molecule has 1 amide bonds. The van der Waals surface area contributed by atoms with E-state index in [9.17, 15) is 18.3 Å². The first-order valence-corrected chi connectivity index (χ1v) is 15.7. The number of nitrogens with one attached hydrogen (secondary N) is 1. The zero-order valence-electron chi connectivity index (χ0n) is 24.2. The summed E-state index contributed by atoms with van der Waals surface area (Å²) in [6.07, 6.45) is 2.65. The van der Waals surface area contributed by atoms with Gasteiger partial charge in [-0.05, 0) is 67.1 Å². The summed E-state index contributed by atoms with van der Waals surface area (Å²) in [6, 6.07) is 25.7. The zero-order valence-corrected chi connectivity index (χ0v) is 25.0. The molecule has 4 N–H and O–H groups in total. The lowest BCUT2D eigenvalue weighted by Gasteiger charge is -2.31. The van der Waals surface area contributed by atoms with Crippen LogP contribution in [0.15, 0.2) is 89.8 Å². The third-order valence-corrected chi connectivity index (χ3v) is 8.84. The van der Waals surface area contributed by atoms with Gasteiger partial charge in [-0.2, -0.15) is 4.31 Å². The number of unbranched alkanes of at least 4 members (excludes halogenated alkanes) is 1. The molecule has 222 valence electrons. The van der Waals surface area contributed by atoms with Gasteiger partial charge in [-0.3, -0.25) is 4.79 Å². The van der Waals surface area contributed by atoms with E-state index in [-0.39, 0.29) is 29.9 Å². The van der Waals surface area contributed by atoms with E-state index in [1.54, 1.807) is 12.1 Å². The molecule has 1 atom stereocenters. The standard InChI is InChI=1S/C32H44N4O4S/c1-26(2)23-36(41(39,40)31-18-16-28(33)17-19-31)30(25-37)15-9-10-21-34-32(38)24-35(29-13-7-4-8-14-29)22-20-27-11-5-3-6-12-27/h3-8,11-14,16-19,26,30,37H,9-10,15,20-25,33H2,1-2H3,(H,34,38)/t30-/m0/s1. The van der Waals surface area contributed by atoms with Crippen molar-refractivity contribution in [2.75, 3.05) is 43.4 Å². The van der Waals surface area contributed by atoms with Gasteiger partial charge in [-0.1, -0.05) is 68.8 Å². The maximum absolute atomic E-state index is 13.4. The topological polar surface area (TPSA) is 116 Å². The Balaban J connectivity index is 1.52. The van der Waals surface area contributed by atoms with Gasteiger partial charge in [-0.15, -0.1) is 0 Å². The van der Waals surface area contributed by atoms with E-state index < -0.39 is 16.1 Å². The highest BCUT2D eigenvalue weighted by Crippen LogP contribution is 2.23. The van der Waals surface area contributed by atoms with Crippen LogP contribution in [-0.2, 0) is 21.2 Å². The number of nitrogen functional groups attached to an aromatic ring is 1. The van der Waals surface area contributed by atoms with Crippen LogP contribution in [0.25, 0.3) is 0 Å². The second-order valence-electron chi connectivity index (χ2n) is 10.7. The number of carbonyl (C=O) groups is 1. The van der Waals surface area contributed by atoms with Crippen molar-refractivity contribution >= 4 is 27.3 Å². The van der Waals surface area contributed by atoms with Crippen LogP contribution in [0.4, 0.5) is 11.4 Å². The first-order valence-electron chi connectivity index (χ1n) is 14.3. The summed E-state index contributed by atoms with van der Waals surface area (Å²) < 4.78 is 28.3. The normalized spacial score (nSPS) is 12.4. The van der Waals surface area contributed by atoms with Crippen molar-refractivity contribution in [2.45, 2.75) is 50.5 Å². The van der Waals surface area contributed by atoms with Crippen LogP contribution < -0.4 is 16.0 Å². The van der Waals surface area contributed by atoms with Gasteiger partial charge in [0.25, 0.3) is 0 Å². The average molecular weight is 581 g/mol. The van der Waals surface area contributed by atoms with Crippen molar-refractivity contribution in [2.24, 2.45) is 5.92 Å². The van der Waals surface area contributed by atoms with Crippen LogP contribution in [0, 0.1) is 5.92 Å². The lowest BCUT2D eigenvalue weighted by molar-refractivity contribution is -0.119. The highest BCUT2D eigenvalue weighted by molar-refractivity contribution is 7.89. The van der Waals surface area contributed by atoms with Gasteiger partial charge in [0.05, 0.1) is 18.0 Å². The summed E-state index contributed by atoms with van der Waals surface area (Å²) in [7, 11) is -3.80. The summed E-state index contributed by atoms with van der Waals surface area (Å²) in [5, 5.41) is 13.2. The Morgan fingerprint density at radius 3 is 2.17 bits per heavy atom. The van der Waals surface area contributed by atoms with Gasteiger partial charge in [0.15, 0.2) is 0 Å². The number of anilines is 2. The van der Waals surface area contributed by atoms with Crippen LogP contribution in [0.2, 0.25) is 0 Å². The van der Waals surface area contributed by atoms with Gasteiger partial charge in [0.1, 0.15) is 0 Å². The smallest absolute Gasteiger partial charge is 0.243 e. The van der Waals surface area contributed by atoms with Crippen molar-refractivity contribution in [1.82, 2.24) is 9.62 Å². The van der Waals surface area contributed by atoms with E-state index >= 15 is 0 Å². The molecule has 8 nitrogen and oxygen atoms in total. The Labute approximate surface area is 245 Å². The van der Waals surface area contributed by atoms with Gasteiger partial charge in [0, 0.05) is 37.1 Å². The number of amides is 1. The molecule has 3 rings (SSSR count). The molecular weight excluding hydrogens is 536 g/mol. The molecule has 0 unspecified atom stereocenters. The zero-order chi connectivity index (χ0) is 29.7. The van der Waals surface area contributed by atoms with Crippen LogP contribution in [0.1, 0.15) is 38.7 Å². The molecule has 3 aromatic rings. The molecule has 9 heteroatoms. The molecule has 0 aliphatic heterocycles. The second kappa shape index (κ2) is 16.1. The molecule has 3 aromatic carbocycles. The SMILES string of the molecule is CC(C)CN([C@H](CO)CCCCNC(=O)CN(CCc1ccccc1)c1ccccc1)S(=O)(=O)c1ccc(N)cc1. The van der Waals surface area contributed by atoms with Gasteiger partial charge < -0.3 is 21.1 Å². The number of hydrogen-bond donors (Lipinski definition) is 3. The van der Waals surface area contributed by atoms with Crippen molar-refractivity contribution in [1.29, 1.82) is 0 Å². The third-order valence-electron chi connectivity index (χ3n) is 6.91. The summed E-state index contributed by atoms with van der Waals surface area (Å²) >= 11 is 0. The number of nitrogens with zero attached hydrogens (tertiary/aromatic N) is 2. The van der Waals surface area contributed by atoms with Crippen molar-refractivity contribution < 1.29 is 18.3 Å². The van der Waals surface area contributed by atoms with Gasteiger partial charge in [0.2, 0.25) is 15.9 Å². The van der Waals surface area contributed by atoms with Crippen molar-refractivity contribution in [3.05, 3.63) is 90.5 Å². The number of hydrogen-bond acceptors (Lipinski definition) is 6. The number of aliphatic hydroxyl groups is 1. The minimum Gasteiger partial charge on any atom is -0.399 e. The third kappa shape index (κ3) is 10.2. The van der Waals surface area contributed by atoms with E-state index in [1.807, 2.05) is 62.4 Å². The van der Waals surface area contributed by atoms with Crippen LogP contribution in [0.5, 0.6) is 0 Å². The van der Waals surface area contributed by atoms with Crippen molar-refractivity contribution in [3.8, 4) is 0 Å². The molecule has 0 radical (unpaired) electrons. The van der Waals surface area contributed by atoms with E-state index in [0.29, 0.717) is 44.6 Å². The number of para-hydroxylation sites is 1. The van der Waals surface area contributed by atoms with Crippen LogP contribution >= 0.6 is 0 Å². The van der Waals surface area contributed by atoms with E-state index in [1.165, 1.54) is 22.0 Å². The molecule has 0 heterocycles. The number of nitrogens with two attached hydrogens (primary N) is 1. The lowest BCUT2D eigenvalue weighted by Crippen LogP contribution is -2.44. The Hall–Kier alpha value is -3.40. The Morgan fingerprint density at radius 2 is 1.56 bits per heavy atom.